The first-order valence-electron chi connectivity index (χ1n) is 5.68. The van der Waals surface area contributed by atoms with Gasteiger partial charge in [0.25, 0.3) is 0 Å². The van der Waals surface area contributed by atoms with Crippen LogP contribution in [0.15, 0.2) is 0 Å². The summed E-state index contributed by atoms with van der Waals surface area (Å²) in [6, 6.07) is 0.404. The van der Waals surface area contributed by atoms with Gasteiger partial charge < -0.3 is 5.32 Å². The molecule has 0 amide bonds. The Labute approximate surface area is 87.5 Å². The summed E-state index contributed by atoms with van der Waals surface area (Å²) >= 11 is 0. The van der Waals surface area contributed by atoms with Crippen molar-refractivity contribution >= 4 is 5.78 Å². The van der Waals surface area contributed by atoms with Gasteiger partial charge in [-0.3, -0.25) is 4.79 Å². The summed E-state index contributed by atoms with van der Waals surface area (Å²) in [5, 5.41) is 3.57. The van der Waals surface area contributed by atoms with Crippen LogP contribution in [0.25, 0.3) is 0 Å². The molecule has 0 saturated heterocycles. The topological polar surface area (TPSA) is 29.1 Å². The van der Waals surface area contributed by atoms with Gasteiger partial charge in [-0.1, -0.05) is 12.8 Å². The number of hydrogen-bond donors (Lipinski definition) is 1. The fourth-order valence-electron chi connectivity index (χ4n) is 2.35. The second kappa shape index (κ2) is 4.43. The van der Waals surface area contributed by atoms with Crippen molar-refractivity contribution in [2.24, 2.45) is 5.92 Å². The molecule has 1 aliphatic rings. The van der Waals surface area contributed by atoms with Gasteiger partial charge in [0.2, 0.25) is 0 Å². The monoisotopic (exact) mass is 197 g/mol. The summed E-state index contributed by atoms with van der Waals surface area (Å²) in [4.78, 5) is 11.5. The van der Waals surface area contributed by atoms with Crippen LogP contribution in [-0.2, 0) is 4.79 Å². The Hall–Kier alpha value is -0.370. The number of carbonyl (C=O) groups excluding carboxylic acids is 1. The molecular formula is C12H23NO. The minimum atomic E-state index is 0.121. The lowest BCUT2D eigenvalue weighted by Crippen LogP contribution is -2.50. The largest absolute Gasteiger partial charge is 0.309 e. The van der Waals surface area contributed by atoms with Gasteiger partial charge in [0.1, 0.15) is 5.78 Å². The maximum absolute atomic E-state index is 11.5. The van der Waals surface area contributed by atoms with Gasteiger partial charge in [0.05, 0.1) is 0 Å². The van der Waals surface area contributed by atoms with Gasteiger partial charge in [-0.05, 0) is 40.5 Å². The van der Waals surface area contributed by atoms with E-state index in [1.54, 1.807) is 6.92 Å². The van der Waals surface area contributed by atoms with Gasteiger partial charge >= 0.3 is 0 Å². The quantitative estimate of drug-likeness (QED) is 0.737. The van der Waals surface area contributed by atoms with Gasteiger partial charge in [-0.2, -0.15) is 0 Å². The molecule has 0 radical (unpaired) electrons. The zero-order valence-corrected chi connectivity index (χ0v) is 9.89. The second-order valence-electron chi connectivity index (χ2n) is 5.50. The first kappa shape index (κ1) is 11.7. The number of hydrogen-bond acceptors (Lipinski definition) is 2. The summed E-state index contributed by atoms with van der Waals surface area (Å²) in [6.07, 6.45) is 4.70. The van der Waals surface area contributed by atoms with Crippen LogP contribution in [0.2, 0.25) is 0 Å². The third kappa shape index (κ3) is 3.41. The molecule has 2 nitrogen and oxygen atoms in total. The molecule has 0 aromatic rings. The van der Waals surface area contributed by atoms with E-state index in [2.05, 4.69) is 26.1 Å². The number of ketones is 1. The van der Waals surface area contributed by atoms with Crippen LogP contribution >= 0.6 is 0 Å². The van der Waals surface area contributed by atoms with E-state index in [9.17, 15) is 4.79 Å². The minimum absolute atomic E-state index is 0.121. The lowest BCUT2D eigenvalue weighted by Gasteiger charge is -2.36. The minimum Gasteiger partial charge on any atom is -0.309 e. The molecule has 0 aromatic heterocycles. The molecular weight excluding hydrogens is 174 g/mol. The van der Waals surface area contributed by atoms with Crippen molar-refractivity contribution in [1.29, 1.82) is 0 Å². The highest BCUT2D eigenvalue weighted by Gasteiger charge is 2.30. The maximum atomic E-state index is 11.5. The highest BCUT2D eigenvalue weighted by molar-refractivity contribution is 5.79. The predicted molar refractivity (Wildman–Crippen MR) is 59.3 cm³/mol. The first-order chi connectivity index (χ1) is 6.40. The molecule has 0 aliphatic heterocycles. The molecule has 0 spiro atoms. The van der Waals surface area contributed by atoms with E-state index in [-0.39, 0.29) is 11.5 Å². The third-order valence-corrected chi connectivity index (χ3v) is 2.91. The van der Waals surface area contributed by atoms with E-state index in [0.29, 0.717) is 11.8 Å². The average Bonchev–Trinajstić information content (AvgIpc) is 2.01. The molecule has 1 saturated carbocycles. The average molecular weight is 197 g/mol. The molecule has 2 heteroatoms. The van der Waals surface area contributed by atoms with E-state index in [1.807, 2.05) is 0 Å². The van der Waals surface area contributed by atoms with Crippen molar-refractivity contribution in [3.8, 4) is 0 Å². The highest BCUT2D eigenvalue weighted by atomic mass is 16.1. The van der Waals surface area contributed by atoms with Crippen LogP contribution < -0.4 is 5.32 Å². The Morgan fingerprint density at radius 1 is 1.21 bits per heavy atom. The van der Waals surface area contributed by atoms with Crippen molar-refractivity contribution in [1.82, 2.24) is 5.32 Å². The number of nitrogens with one attached hydrogen (secondary N) is 1. The van der Waals surface area contributed by atoms with Crippen molar-refractivity contribution in [2.45, 2.75) is 65.0 Å². The molecule has 82 valence electrons. The highest BCUT2D eigenvalue weighted by Crippen LogP contribution is 2.26. The first-order valence-corrected chi connectivity index (χ1v) is 5.68. The van der Waals surface area contributed by atoms with E-state index in [0.717, 1.165) is 12.8 Å². The van der Waals surface area contributed by atoms with E-state index < -0.39 is 0 Å². The molecule has 0 unspecified atom stereocenters. The van der Waals surface area contributed by atoms with Gasteiger partial charge in [-0.25, -0.2) is 0 Å². The summed E-state index contributed by atoms with van der Waals surface area (Å²) < 4.78 is 0. The molecule has 1 fully saturated rings. The lowest BCUT2D eigenvalue weighted by molar-refractivity contribution is -0.122. The summed E-state index contributed by atoms with van der Waals surface area (Å²) in [7, 11) is 0. The van der Waals surface area contributed by atoms with Crippen LogP contribution in [0.3, 0.4) is 0 Å². The van der Waals surface area contributed by atoms with Crippen molar-refractivity contribution in [3.05, 3.63) is 0 Å². The van der Waals surface area contributed by atoms with Crippen LogP contribution in [0, 0.1) is 5.92 Å². The fourth-order valence-corrected chi connectivity index (χ4v) is 2.35. The normalized spacial score (nSPS) is 28.9. The Bertz CT molecular complexity index is 205. The smallest absolute Gasteiger partial charge is 0.134 e. The van der Waals surface area contributed by atoms with Crippen LogP contribution in [-0.4, -0.2) is 17.4 Å². The lowest BCUT2D eigenvalue weighted by atomic mass is 9.81. The van der Waals surface area contributed by atoms with Crippen molar-refractivity contribution < 1.29 is 4.79 Å². The third-order valence-electron chi connectivity index (χ3n) is 2.91. The SMILES string of the molecule is CC(=O)[C@H]1CCCC[C@@H]1NC(C)(C)C. The summed E-state index contributed by atoms with van der Waals surface area (Å²) in [6.45, 7) is 8.23. The molecule has 0 bridgehead atoms. The predicted octanol–water partition coefficient (Wildman–Crippen LogP) is 2.52. The molecule has 0 heterocycles. The molecule has 2 atom stereocenters. The summed E-state index contributed by atoms with van der Waals surface area (Å²) in [5.41, 5.74) is 0.121. The van der Waals surface area contributed by atoms with Crippen LogP contribution in [0.4, 0.5) is 0 Å². The molecule has 14 heavy (non-hydrogen) atoms. The van der Waals surface area contributed by atoms with Gasteiger partial charge in [0.15, 0.2) is 0 Å². The standard InChI is InChI=1S/C12H23NO/c1-9(14)10-7-5-6-8-11(10)13-12(2,3)4/h10-11,13H,5-8H2,1-4H3/t10-,11+/m1/s1. The molecule has 1 rings (SSSR count). The Morgan fingerprint density at radius 2 is 1.79 bits per heavy atom. The number of rotatable bonds is 2. The summed E-state index contributed by atoms with van der Waals surface area (Å²) in [5.74, 6) is 0.606. The molecule has 1 N–H and O–H groups in total. The van der Waals surface area contributed by atoms with E-state index in [1.165, 1.54) is 12.8 Å². The Morgan fingerprint density at radius 3 is 2.29 bits per heavy atom. The van der Waals surface area contributed by atoms with Gasteiger partial charge in [0, 0.05) is 17.5 Å². The zero-order chi connectivity index (χ0) is 10.8. The van der Waals surface area contributed by atoms with Crippen LogP contribution in [0.1, 0.15) is 53.4 Å². The number of carbonyl (C=O) groups is 1. The Kier molecular flexibility index (Phi) is 3.71. The van der Waals surface area contributed by atoms with Crippen molar-refractivity contribution in [2.75, 3.05) is 0 Å². The maximum Gasteiger partial charge on any atom is 0.134 e. The van der Waals surface area contributed by atoms with E-state index >= 15 is 0 Å². The Balaban J connectivity index is 2.59. The molecule has 0 aromatic carbocycles. The van der Waals surface area contributed by atoms with Crippen LogP contribution in [0.5, 0.6) is 0 Å². The van der Waals surface area contributed by atoms with E-state index in [4.69, 9.17) is 0 Å². The zero-order valence-electron chi connectivity index (χ0n) is 9.89. The molecule has 1 aliphatic carbocycles. The second-order valence-corrected chi connectivity index (χ2v) is 5.50. The fraction of sp³-hybridized carbons (Fsp3) is 0.917. The number of Topliss-reactive ketones (excluding diaryl/α,β-unsaturated/α-hetero) is 1. The van der Waals surface area contributed by atoms with Crippen molar-refractivity contribution in [3.63, 3.8) is 0 Å². The van der Waals surface area contributed by atoms with Gasteiger partial charge in [-0.15, -0.1) is 0 Å².